The van der Waals surface area contributed by atoms with Crippen molar-refractivity contribution in [3.8, 4) is 5.75 Å². The number of furan rings is 1. The molecular formula is C17H14FNO3. The molecule has 0 aliphatic carbocycles. The van der Waals surface area contributed by atoms with Crippen molar-refractivity contribution in [3.63, 3.8) is 0 Å². The van der Waals surface area contributed by atoms with E-state index >= 15 is 0 Å². The maximum atomic E-state index is 13.6. The maximum absolute atomic E-state index is 13.6. The highest BCUT2D eigenvalue weighted by Crippen LogP contribution is 2.29. The third-order valence-electron chi connectivity index (χ3n) is 3.15. The lowest BCUT2D eigenvalue weighted by Gasteiger charge is -2.04. The molecule has 3 aromatic rings. The van der Waals surface area contributed by atoms with Crippen LogP contribution in [-0.2, 0) is 0 Å². The van der Waals surface area contributed by atoms with Crippen LogP contribution in [0.1, 0.15) is 17.5 Å². The number of amides is 1. The number of carbonyl (C=O) groups excluding carboxylic acids is 1. The van der Waals surface area contributed by atoms with Crippen molar-refractivity contribution in [1.82, 2.24) is 0 Å². The van der Waals surface area contributed by atoms with E-state index in [4.69, 9.17) is 9.15 Å². The Morgan fingerprint density at radius 3 is 2.82 bits per heavy atom. The molecule has 22 heavy (non-hydrogen) atoms. The van der Waals surface area contributed by atoms with Crippen LogP contribution in [-0.4, -0.2) is 12.5 Å². The zero-order valence-corrected chi connectivity index (χ0v) is 11.9. The summed E-state index contributed by atoms with van der Waals surface area (Å²) in [5.74, 6) is -0.332. The minimum atomic E-state index is -0.510. The highest BCUT2D eigenvalue weighted by Gasteiger charge is 2.16. The molecule has 0 saturated heterocycles. The number of hydrogen-bond acceptors (Lipinski definition) is 3. The predicted molar refractivity (Wildman–Crippen MR) is 81.7 cm³/mol. The van der Waals surface area contributed by atoms with E-state index in [2.05, 4.69) is 5.32 Å². The molecule has 4 nitrogen and oxygen atoms in total. The van der Waals surface area contributed by atoms with Gasteiger partial charge in [0.1, 0.15) is 5.82 Å². The van der Waals surface area contributed by atoms with Crippen LogP contribution < -0.4 is 10.1 Å². The van der Waals surface area contributed by atoms with Gasteiger partial charge in [0.2, 0.25) is 0 Å². The summed E-state index contributed by atoms with van der Waals surface area (Å²) in [5, 5.41) is 3.24. The lowest BCUT2D eigenvalue weighted by Crippen LogP contribution is -2.11. The molecule has 1 amide bonds. The first-order valence-corrected chi connectivity index (χ1v) is 6.90. The third kappa shape index (κ3) is 2.65. The molecular weight excluding hydrogens is 285 g/mol. The van der Waals surface area contributed by atoms with Gasteiger partial charge in [-0.1, -0.05) is 24.3 Å². The fourth-order valence-electron chi connectivity index (χ4n) is 2.16. The molecule has 1 aromatic heterocycles. The lowest BCUT2D eigenvalue weighted by molar-refractivity contribution is 0.0998. The van der Waals surface area contributed by atoms with Crippen molar-refractivity contribution in [3.05, 3.63) is 60.1 Å². The van der Waals surface area contributed by atoms with Crippen LogP contribution in [0.5, 0.6) is 5.75 Å². The SMILES string of the molecule is CCOc1cccc2cc(C(=O)Nc3ccccc3F)oc12. The first kappa shape index (κ1) is 14.1. The summed E-state index contributed by atoms with van der Waals surface area (Å²) in [6.45, 7) is 2.37. The van der Waals surface area contributed by atoms with Gasteiger partial charge >= 0.3 is 0 Å². The van der Waals surface area contributed by atoms with E-state index in [1.807, 2.05) is 19.1 Å². The van der Waals surface area contributed by atoms with Crippen molar-refractivity contribution < 1.29 is 18.3 Å². The highest BCUT2D eigenvalue weighted by molar-refractivity contribution is 6.05. The van der Waals surface area contributed by atoms with Gasteiger partial charge in [-0.15, -0.1) is 0 Å². The molecule has 0 spiro atoms. The Morgan fingerprint density at radius 1 is 1.23 bits per heavy atom. The van der Waals surface area contributed by atoms with E-state index in [0.717, 1.165) is 5.39 Å². The van der Waals surface area contributed by atoms with E-state index in [-0.39, 0.29) is 11.4 Å². The van der Waals surface area contributed by atoms with E-state index in [0.29, 0.717) is 17.9 Å². The maximum Gasteiger partial charge on any atom is 0.291 e. The Bertz CT molecular complexity index is 826. The summed E-state index contributed by atoms with van der Waals surface area (Å²) in [5.41, 5.74) is 0.612. The second kappa shape index (κ2) is 5.89. The van der Waals surface area contributed by atoms with E-state index in [1.54, 1.807) is 24.3 Å². The molecule has 2 aromatic carbocycles. The van der Waals surface area contributed by atoms with Gasteiger partial charge in [0.15, 0.2) is 17.1 Å². The monoisotopic (exact) mass is 299 g/mol. The highest BCUT2D eigenvalue weighted by atomic mass is 19.1. The standard InChI is InChI=1S/C17H14FNO3/c1-2-21-14-9-5-6-11-10-15(22-16(11)14)17(20)19-13-8-4-3-7-12(13)18/h3-10H,2H2,1H3,(H,19,20). The number of para-hydroxylation sites is 2. The predicted octanol–water partition coefficient (Wildman–Crippen LogP) is 4.22. The molecule has 112 valence electrons. The smallest absolute Gasteiger partial charge is 0.291 e. The second-order valence-electron chi connectivity index (χ2n) is 4.65. The normalized spacial score (nSPS) is 10.6. The molecule has 0 aliphatic rings. The molecule has 1 N–H and O–H groups in total. The van der Waals surface area contributed by atoms with Crippen LogP contribution in [0.25, 0.3) is 11.0 Å². The van der Waals surface area contributed by atoms with Crippen LogP contribution in [0.3, 0.4) is 0 Å². The third-order valence-corrected chi connectivity index (χ3v) is 3.15. The van der Waals surface area contributed by atoms with Crippen LogP contribution in [0.15, 0.2) is 52.9 Å². The van der Waals surface area contributed by atoms with Gasteiger partial charge in [0.05, 0.1) is 12.3 Å². The fraction of sp³-hybridized carbons (Fsp3) is 0.118. The first-order valence-electron chi connectivity index (χ1n) is 6.90. The average Bonchev–Trinajstić information content (AvgIpc) is 2.95. The molecule has 0 unspecified atom stereocenters. The van der Waals surface area contributed by atoms with Crippen molar-refractivity contribution in [1.29, 1.82) is 0 Å². The van der Waals surface area contributed by atoms with Gasteiger partial charge in [-0.3, -0.25) is 4.79 Å². The Balaban J connectivity index is 1.91. The molecule has 0 aliphatic heterocycles. The van der Waals surface area contributed by atoms with Crippen molar-refractivity contribution in [2.75, 3.05) is 11.9 Å². The molecule has 1 heterocycles. The molecule has 0 fully saturated rings. The van der Waals surface area contributed by atoms with Gasteiger partial charge in [-0.2, -0.15) is 0 Å². The fourth-order valence-corrected chi connectivity index (χ4v) is 2.16. The molecule has 0 atom stereocenters. The van der Waals surface area contributed by atoms with Crippen LogP contribution >= 0.6 is 0 Å². The van der Waals surface area contributed by atoms with E-state index < -0.39 is 11.7 Å². The van der Waals surface area contributed by atoms with E-state index in [9.17, 15) is 9.18 Å². The average molecular weight is 299 g/mol. The number of benzene rings is 2. The minimum Gasteiger partial charge on any atom is -0.490 e. The topological polar surface area (TPSA) is 51.5 Å². The van der Waals surface area contributed by atoms with Crippen molar-refractivity contribution >= 4 is 22.6 Å². The zero-order chi connectivity index (χ0) is 15.5. The number of halogens is 1. The van der Waals surface area contributed by atoms with Crippen molar-refractivity contribution in [2.24, 2.45) is 0 Å². The summed E-state index contributed by atoms with van der Waals surface area (Å²) in [7, 11) is 0. The Morgan fingerprint density at radius 2 is 2.05 bits per heavy atom. The molecule has 0 saturated carbocycles. The second-order valence-corrected chi connectivity index (χ2v) is 4.65. The molecule has 3 rings (SSSR count). The molecule has 0 radical (unpaired) electrons. The summed E-state index contributed by atoms with van der Waals surface area (Å²) >= 11 is 0. The van der Waals surface area contributed by atoms with Gasteiger partial charge in [0, 0.05) is 5.39 Å². The zero-order valence-electron chi connectivity index (χ0n) is 11.9. The van der Waals surface area contributed by atoms with E-state index in [1.165, 1.54) is 12.1 Å². The number of fused-ring (bicyclic) bond motifs is 1. The first-order chi connectivity index (χ1) is 10.7. The number of nitrogens with one attached hydrogen (secondary N) is 1. The van der Waals surface area contributed by atoms with Crippen LogP contribution in [0, 0.1) is 5.82 Å². The van der Waals surface area contributed by atoms with Crippen LogP contribution in [0.4, 0.5) is 10.1 Å². The summed E-state index contributed by atoms with van der Waals surface area (Å²) in [6, 6.07) is 13.0. The van der Waals surface area contributed by atoms with Gasteiger partial charge in [0.25, 0.3) is 5.91 Å². The summed E-state index contributed by atoms with van der Waals surface area (Å²) in [4.78, 5) is 12.2. The molecule has 5 heteroatoms. The summed E-state index contributed by atoms with van der Waals surface area (Å²) in [6.07, 6.45) is 0. The van der Waals surface area contributed by atoms with Crippen molar-refractivity contribution in [2.45, 2.75) is 6.92 Å². The summed E-state index contributed by atoms with van der Waals surface area (Å²) < 4.78 is 24.6. The lowest BCUT2D eigenvalue weighted by atomic mass is 10.2. The number of carbonyl (C=O) groups is 1. The van der Waals surface area contributed by atoms with Crippen LogP contribution in [0.2, 0.25) is 0 Å². The number of anilines is 1. The van der Waals surface area contributed by atoms with Gasteiger partial charge < -0.3 is 14.5 Å². The molecule has 0 bridgehead atoms. The quantitative estimate of drug-likeness (QED) is 0.784. The number of ether oxygens (including phenoxy) is 1. The largest absolute Gasteiger partial charge is 0.490 e. The minimum absolute atomic E-state index is 0.102. The van der Waals surface area contributed by atoms with Gasteiger partial charge in [-0.25, -0.2) is 4.39 Å². The van der Waals surface area contributed by atoms with Gasteiger partial charge in [-0.05, 0) is 31.2 Å². The Kier molecular flexibility index (Phi) is 3.78. The number of hydrogen-bond donors (Lipinski definition) is 1. The Labute approximate surface area is 126 Å². The Hall–Kier alpha value is -2.82. The number of rotatable bonds is 4.